The van der Waals surface area contributed by atoms with E-state index in [0.717, 1.165) is 0 Å². The molecule has 0 N–H and O–H groups in total. The number of carbonyl (C=O) groups is 1. The van der Waals surface area contributed by atoms with Gasteiger partial charge >= 0.3 is 5.97 Å². The van der Waals surface area contributed by atoms with Gasteiger partial charge in [-0.05, 0) is 7.05 Å². The number of carbonyl (C=O) groups excluding carboxylic acids is 1. The van der Waals surface area contributed by atoms with E-state index in [2.05, 4.69) is 4.74 Å². The van der Waals surface area contributed by atoms with Crippen LogP contribution in [0.25, 0.3) is 0 Å². The third-order valence-electron chi connectivity index (χ3n) is 2.40. The fraction of sp³-hybridized carbons (Fsp3) is 0.667. The molecule has 0 fully saturated rings. The smallest absolute Gasteiger partial charge is 0.315 e. The molecular formula is C9H12ClF2NO2. The van der Waals surface area contributed by atoms with Gasteiger partial charge in [-0.3, -0.25) is 9.69 Å². The van der Waals surface area contributed by atoms with Gasteiger partial charge < -0.3 is 4.74 Å². The SMILES string of the molecule is COC(=O)C1C=CC(C(F)F)N(C)C1Cl. The molecule has 0 aliphatic carbocycles. The molecule has 1 aliphatic heterocycles. The Morgan fingerprint density at radius 2 is 2.13 bits per heavy atom. The van der Waals surface area contributed by atoms with Gasteiger partial charge in [0.2, 0.25) is 0 Å². The molecule has 0 aromatic carbocycles. The van der Waals surface area contributed by atoms with E-state index in [1.54, 1.807) is 0 Å². The number of rotatable bonds is 2. The molecule has 0 aromatic heterocycles. The Morgan fingerprint density at radius 3 is 2.60 bits per heavy atom. The molecule has 15 heavy (non-hydrogen) atoms. The van der Waals surface area contributed by atoms with Gasteiger partial charge in [0.1, 0.15) is 11.4 Å². The Hall–Kier alpha value is -0.680. The third kappa shape index (κ3) is 2.46. The monoisotopic (exact) mass is 239 g/mol. The average molecular weight is 240 g/mol. The number of hydrogen-bond donors (Lipinski definition) is 0. The molecule has 1 rings (SSSR count). The van der Waals surface area contributed by atoms with Crippen LogP contribution >= 0.6 is 11.6 Å². The first-order valence-electron chi connectivity index (χ1n) is 4.39. The first-order chi connectivity index (χ1) is 6.99. The van der Waals surface area contributed by atoms with Crippen LogP contribution in [0.2, 0.25) is 0 Å². The molecule has 0 amide bonds. The predicted molar refractivity (Wildman–Crippen MR) is 51.8 cm³/mol. The minimum absolute atomic E-state index is 0.522. The normalized spacial score (nSPS) is 32.0. The summed E-state index contributed by atoms with van der Waals surface area (Å²) in [7, 11) is 2.69. The van der Waals surface area contributed by atoms with E-state index < -0.39 is 29.9 Å². The molecule has 3 nitrogen and oxygen atoms in total. The van der Waals surface area contributed by atoms with Gasteiger partial charge in [0, 0.05) is 0 Å². The Labute approximate surface area is 91.6 Å². The number of nitrogens with zero attached hydrogens (tertiary/aromatic N) is 1. The van der Waals surface area contributed by atoms with Crippen molar-refractivity contribution in [2.24, 2.45) is 5.92 Å². The van der Waals surface area contributed by atoms with Gasteiger partial charge in [0.15, 0.2) is 0 Å². The number of hydrogen-bond acceptors (Lipinski definition) is 3. The predicted octanol–water partition coefficient (Wildman–Crippen LogP) is 1.48. The van der Waals surface area contributed by atoms with E-state index in [1.807, 2.05) is 0 Å². The van der Waals surface area contributed by atoms with E-state index >= 15 is 0 Å². The van der Waals surface area contributed by atoms with Crippen molar-refractivity contribution >= 4 is 17.6 Å². The zero-order valence-electron chi connectivity index (χ0n) is 8.36. The summed E-state index contributed by atoms with van der Waals surface area (Å²) in [6.45, 7) is 0. The second-order valence-electron chi connectivity index (χ2n) is 3.30. The second kappa shape index (κ2) is 4.90. The van der Waals surface area contributed by atoms with Crippen LogP contribution in [0.15, 0.2) is 12.2 Å². The van der Waals surface area contributed by atoms with Crippen LogP contribution in [0.1, 0.15) is 0 Å². The first kappa shape index (κ1) is 12.4. The topological polar surface area (TPSA) is 29.5 Å². The van der Waals surface area contributed by atoms with Gasteiger partial charge in [-0.15, -0.1) is 11.6 Å². The van der Waals surface area contributed by atoms with Crippen LogP contribution in [-0.4, -0.2) is 43.0 Å². The molecule has 0 aromatic rings. The summed E-state index contributed by atoms with van der Waals surface area (Å²) in [5, 5.41) is 0. The molecule has 3 unspecified atom stereocenters. The highest BCUT2D eigenvalue weighted by Crippen LogP contribution is 2.27. The zero-order valence-corrected chi connectivity index (χ0v) is 9.12. The highest BCUT2D eigenvalue weighted by molar-refractivity contribution is 6.22. The van der Waals surface area contributed by atoms with E-state index in [0.29, 0.717) is 0 Å². The van der Waals surface area contributed by atoms with Gasteiger partial charge in [0.25, 0.3) is 6.43 Å². The summed E-state index contributed by atoms with van der Waals surface area (Å²) in [6, 6.07) is -1.05. The van der Waals surface area contributed by atoms with Crippen molar-refractivity contribution < 1.29 is 18.3 Å². The van der Waals surface area contributed by atoms with Crippen molar-refractivity contribution in [2.75, 3.05) is 14.2 Å². The van der Waals surface area contributed by atoms with E-state index in [4.69, 9.17) is 11.6 Å². The minimum Gasteiger partial charge on any atom is -0.468 e. The molecule has 0 saturated heterocycles. The van der Waals surface area contributed by atoms with Crippen LogP contribution in [0.4, 0.5) is 8.78 Å². The Morgan fingerprint density at radius 1 is 1.53 bits per heavy atom. The van der Waals surface area contributed by atoms with Crippen LogP contribution in [0, 0.1) is 5.92 Å². The summed E-state index contributed by atoms with van der Waals surface area (Å²) >= 11 is 5.89. The lowest BCUT2D eigenvalue weighted by Crippen LogP contribution is -2.48. The number of methoxy groups -OCH3 is 1. The largest absolute Gasteiger partial charge is 0.468 e. The molecular weight excluding hydrogens is 228 g/mol. The summed E-state index contributed by atoms with van der Waals surface area (Å²) in [4.78, 5) is 12.5. The van der Waals surface area contributed by atoms with Crippen molar-refractivity contribution in [3.05, 3.63) is 12.2 Å². The maximum Gasteiger partial charge on any atom is 0.315 e. The average Bonchev–Trinajstić information content (AvgIpc) is 2.20. The Kier molecular flexibility index (Phi) is 4.04. The minimum atomic E-state index is -2.52. The lowest BCUT2D eigenvalue weighted by Gasteiger charge is -2.35. The van der Waals surface area contributed by atoms with Crippen LogP contribution < -0.4 is 0 Å². The van der Waals surface area contributed by atoms with Gasteiger partial charge in [0.05, 0.1) is 13.2 Å². The van der Waals surface area contributed by atoms with Crippen molar-refractivity contribution in [1.29, 1.82) is 0 Å². The summed E-state index contributed by atoms with van der Waals surface area (Å²) in [5.74, 6) is -1.22. The number of alkyl halides is 3. The molecule has 0 bridgehead atoms. The Balaban J connectivity index is 2.83. The number of ether oxygens (including phenoxy) is 1. The van der Waals surface area contributed by atoms with Crippen molar-refractivity contribution in [2.45, 2.75) is 18.0 Å². The van der Waals surface area contributed by atoms with Gasteiger partial charge in [-0.25, -0.2) is 8.78 Å². The highest BCUT2D eigenvalue weighted by Gasteiger charge is 2.38. The quantitative estimate of drug-likeness (QED) is 0.316. The maximum atomic E-state index is 12.5. The Bertz CT molecular complexity index is 273. The third-order valence-corrected chi connectivity index (χ3v) is 2.98. The van der Waals surface area contributed by atoms with Crippen molar-refractivity contribution in [3.8, 4) is 0 Å². The molecule has 86 valence electrons. The van der Waals surface area contributed by atoms with E-state index in [9.17, 15) is 13.6 Å². The first-order valence-corrected chi connectivity index (χ1v) is 4.83. The van der Waals surface area contributed by atoms with E-state index in [-0.39, 0.29) is 0 Å². The van der Waals surface area contributed by atoms with Crippen LogP contribution in [0.3, 0.4) is 0 Å². The van der Waals surface area contributed by atoms with Crippen molar-refractivity contribution in [3.63, 3.8) is 0 Å². The summed E-state index contributed by atoms with van der Waals surface area (Å²) in [5.41, 5.74) is -0.804. The second-order valence-corrected chi connectivity index (χ2v) is 3.74. The highest BCUT2D eigenvalue weighted by atomic mass is 35.5. The lowest BCUT2D eigenvalue weighted by atomic mass is 10.0. The molecule has 0 saturated carbocycles. The summed E-state index contributed by atoms with van der Waals surface area (Å²) in [6.07, 6.45) is 0.136. The standard InChI is InChI=1S/C9H12ClF2NO2/c1-13-6(8(11)12)4-3-5(7(13)10)9(14)15-2/h3-8H,1-2H3. The number of esters is 1. The summed E-state index contributed by atoms with van der Waals surface area (Å²) < 4.78 is 29.5. The molecule has 1 aliphatic rings. The van der Waals surface area contributed by atoms with Gasteiger partial charge in [-0.2, -0.15) is 0 Å². The lowest BCUT2D eigenvalue weighted by molar-refractivity contribution is -0.145. The number of likely N-dealkylation sites (N-methyl/N-ethyl adjacent to an activating group) is 1. The van der Waals surface area contributed by atoms with E-state index in [1.165, 1.54) is 31.2 Å². The molecule has 6 heteroatoms. The fourth-order valence-corrected chi connectivity index (χ4v) is 1.78. The maximum absolute atomic E-state index is 12.5. The zero-order chi connectivity index (χ0) is 11.6. The fourth-order valence-electron chi connectivity index (χ4n) is 1.47. The van der Waals surface area contributed by atoms with Crippen molar-refractivity contribution in [1.82, 2.24) is 4.90 Å². The number of halogens is 3. The molecule has 0 spiro atoms. The molecule has 3 atom stereocenters. The van der Waals surface area contributed by atoms with Gasteiger partial charge in [-0.1, -0.05) is 12.2 Å². The molecule has 0 radical (unpaired) electrons. The van der Waals surface area contributed by atoms with Crippen LogP contribution in [-0.2, 0) is 9.53 Å². The molecule has 1 heterocycles. The van der Waals surface area contributed by atoms with Crippen LogP contribution in [0.5, 0.6) is 0 Å².